The Bertz CT molecular complexity index is 1190. The van der Waals surface area contributed by atoms with Gasteiger partial charge in [0.2, 0.25) is 11.8 Å². The Morgan fingerprint density at radius 2 is 1.77 bits per heavy atom. The fraction of sp³-hybridized carbons (Fsp3) is 0.400. The molecular weight excluding hydrogens is 514 g/mol. The van der Waals surface area contributed by atoms with Crippen molar-refractivity contribution in [1.82, 2.24) is 15.5 Å². The zero-order chi connectivity index (χ0) is 29.9. The van der Waals surface area contributed by atoms with Gasteiger partial charge in [0.25, 0.3) is 0 Å². The van der Waals surface area contributed by atoms with E-state index in [-0.39, 0.29) is 25.3 Å². The van der Waals surface area contributed by atoms with Gasteiger partial charge >= 0.3 is 12.1 Å². The number of nitrogens with zero attached hydrogens (tertiary/aromatic N) is 1. The molecule has 0 aliphatic carbocycles. The first-order chi connectivity index (χ1) is 18.9. The van der Waals surface area contributed by atoms with Gasteiger partial charge in [-0.2, -0.15) is 0 Å². The maximum absolute atomic E-state index is 14.2. The van der Waals surface area contributed by atoms with Crippen LogP contribution in [0.4, 0.5) is 4.79 Å². The van der Waals surface area contributed by atoms with E-state index in [0.717, 1.165) is 5.56 Å². The average molecular weight is 554 g/mol. The third kappa shape index (κ3) is 9.76. The maximum atomic E-state index is 14.2. The number of nitrogens with one attached hydrogen (secondary N) is 2. The van der Waals surface area contributed by atoms with Gasteiger partial charge in [-0.1, -0.05) is 49.9 Å². The van der Waals surface area contributed by atoms with Crippen molar-refractivity contribution in [3.05, 3.63) is 71.8 Å². The van der Waals surface area contributed by atoms with Crippen molar-refractivity contribution >= 4 is 30.0 Å². The van der Waals surface area contributed by atoms with Gasteiger partial charge in [-0.3, -0.25) is 14.4 Å². The number of esters is 1. The van der Waals surface area contributed by atoms with Crippen LogP contribution in [0.2, 0.25) is 0 Å². The maximum Gasteiger partial charge on any atom is 0.408 e. The fourth-order valence-corrected chi connectivity index (χ4v) is 3.98. The number of methoxy groups -OCH3 is 1. The number of aromatic hydroxyl groups is 1. The molecule has 10 nitrogen and oxygen atoms in total. The first-order valence-electron chi connectivity index (χ1n) is 13.0. The average Bonchev–Trinajstić information content (AvgIpc) is 2.90. The van der Waals surface area contributed by atoms with E-state index in [0.29, 0.717) is 17.5 Å². The minimum atomic E-state index is -1.13. The van der Waals surface area contributed by atoms with E-state index in [9.17, 15) is 24.3 Å². The summed E-state index contributed by atoms with van der Waals surface area (Å²) in [6, 6.07) is 11.0. The smallest absolute Gasteiger partial charge is 0.408 e. The number of hydrogen-bond acceptors (Lipinski definition) is 7. The summed E-state index contributed by atoms with van der Waals surface area (Å²) >= 11 is 0. The third-order valence-corrected chi connectivity index (χ3v) is 5.77. The van der Waals surface area contributed by atoms with Gasteiger partial charge in [0, 0.05) is 13.0 Å². The molecule has 2 aromatic rings. The summed E-state index contributed by atoms with van der Waals surface area (Å²) < 4.78 is 10.1. The molecule has 0 aliphatic heterocycles. The molecule has 0 saturated carbocycles. The van der Waals surface area contributed by atoms with Crippen molar-refractivity contribution < 1.29 is 33.8 Å². The number of hydrogen-bond donors (Lipinski definition) is 3. The molecular formula is C30H39N3O7. The normalized spacial score (nSPS) is 12.4. The van der Waals surface area contributed by atoms with Crippen molar-refractivity contribution in [3.63, 3.8) is 0 Å². The van der Waals surface area contributed by atoms with Gasteiger partial charge in [0.05, 0.1) is 7.11 Å². The number of benzene rings is 2. The summed E-state index contributed by atoms with van der Waals surface area (Å²) in [4.78, 5) is 53.7. The first-order valence-corrected chi connectivity index (χ1v) is 13.0. The van der Waals surface area contributed by atoms with Crippen LogP contribution < -0.4 is 10.6 Å². The number of ether oxygens (including phenoxy) is 2. The zero-order valence-electron chi connectivity index (χ0n) is 23.7. The van der Waals surface area contributed by atoms with E-state index in [1.54, 1.807) is 57.2 Å². The van der Waals surface area contributed by atoms with Gasteiger partial charge in [0.15, 0.2) is 0 Å². The second-order valence-corrected chi connectivity index (χ2v) is 10.2. The summed E-state index contributed by atoms with van der Waals surface area (Å²) in [5.74, 6) is -1.70. The highest BCUT2D eigenvalue weighted by Crippen LogP contribution is 2.25. The lowest BCUT2D eigenvalue weighted by molar-refractivity contribution is -0.144. The van der Waals surface area contributed by atoms with Crippen LogP contribution in [0.3, 0.4) is 0 Å². The minimum absolute atomic E-state index is 0.0591. The van der Waals surface area contributed by atoms with E-state index in [2.05, 4.69) is 21.9 Å². The second kappa shape index (κ2) is 14.7. The Kier molecular flexibility index (Phi) is 11.7. The molecule has 2 atom stereocenters. The van der Waals surface area contributed by atoms with E-state index in [4.69, 9.17) is 4.74 Å². The summed E-state index contributed by atoms with van der Waals surface area (Å²) in [6.07, 6.45) is 1.41. The lowest BCUT2D eigenvalue weighted by Crippen LogP contribution is -2.54. The Morgan fingerprint density at radius 1 is 1.10 bits per heavy atom. The van der Waals surface area contributed by atoms with E-state index >= 15 is 0 Å². The molecule has 216 valence electrons. The number of phenolic OH excluding ortho intramolecular Hbond substituents is 1. The van der Waals surface area contributed by atoms with Crippen molar-refractivity contribution in [1.29, 1.82) is 0 Å². The molecule has 2 rings (SSSR count). The Labute approximate surface area is 235 Å². The quantitative estimate of drug-likeness (QED) is 0.341. The van der Waals surface area contributed by atoms with Gasteiger partial charge in [-0.25, -0.2) is 4.79 Å². The number of alkyl carbamates (subject to hydrolysis) is 1. The van der Waals surface area contributed by atoms with Crippen LogP contribution in [-0.2, 0) is 30.3 Å². The number of carbonyl (C=O) groups is 4. The van der Waals surface area contributed by atoms with Crippen LogP contribution >= 0.6 is 0 Å². The molecule has 0 fully saturated rings. The van der Waals surface area contributed by atoms with E-state index < -0.39 is 41.6 Å². The number of amides is 3. The van der Waals surface area contributed by atoms with Crippen molar-refractivity contribution in [2.24, 2.45) is 0 Å². The number of phenols is 1. The van der Waals surface area contributed by atoms with Crippen LogP contribution in [0.1, 0.15) is 56.8 Å². The van der Waals surface area contributed by atoms with Crippen molar-refractivity contribution in [3.8, 4) is 5.75 Å². The molecule has 0 saturated heterocycles. The highest BCUT2D eigenvalue weighted by Gasteiger charge is 2.36. The molecule has 10 heteroatoms. The largest absolute Gasteiger partial charge is 0.508 e. The number of rotatable bonds is 12. The SMILES string of the molecule is C=Cc1cccc(C(C(=O)NCC(=O)OC)N(CCC)C(=O)C(Cc2ccc(O)cc2)NC(=O)OC(C)(C)C)c1. The molecule has 3 N–H and O–H groups in total. The molecule has 0 aromatic heterocycles. The van der Waals surface area contributed by atoms with Crippen LogP contribution in [0.5, 0.6) is 5.75 Å². The van der Waals surface area contributed by atoms with Gasteiger partial charge < -0.3 is 30.1 Å². The third-order valence-electron chi connectivity index (χ3n) is 5.77. The first kappa shape index (κ1) is 31.9. The van der Waals surface area contributed by atoms with Crippen LogP contribution in [0, 0.1) is 0 Å². The van der Waals surface area contributed by atoms with Crippen LogP contribution in [0.25, 0.3) is 6.08 Å². The lowest BCUT2D eigenvalue weighted by atomic mass is 9.98. The zero-order valence-corrected chi connectivity index (χ0v) is 23.7. The van der Waals surface area contributed by atoms with Gasteiger partial charge in [-0.05, 0) is 62.1 Å². The molecule has 3 amide bonds. The molecule has 0 radical (unpaired) electrons. The summed E-state index contributed by atoms with van der Waals surface area (Å²) in [7, 11) is 1.21. The molecule has 0 aliphatic rings. The van der Waals surface area contributed by atoms with Gasteiger partial charge in [-0.15, -0.1) is 0 Å². The second-order valence-electron chi connectivity index (χ2n) is 10.2. The van der Waals surface area contributed by atoms with E-state index in [1.807, 2.05) is 13.0 Å². The fourth-order valence-electron chi connectivity index (χ4n) is 3.98. The van der Waals surface area contributed by atoms with E-state index in [1.165, 1.54) is 24.1 Å². The monoisotopic (exact) mass is 553 g/mol. The Balaban J connectivity index is 2.54. The van der Waals surface area contributed by atoms with Crippen molar-refractivity contribution in [2.75, 3.05) is 20.2 Å². The molecule has 0 bridgehead atoms. The lowest BCUT2D eigenvalue weighted by Gasteiger charge is -2.34. The number of carbonyl (C=O) groups excluding carboxylic acids is 4. The summed E-state index contributed by atoms with van der Waals surface area (Å²) in [5, 5.41) is 14.9. The Hall–Kier alpha value is -4.34. The highest BCUT2D eigenvalue weighted by atomic mass is 16.6. The van der Waals surface area contributed by atoms with Crippen molar-refractivity contribution in [2.45, 2.75) is 58.2 Å². The Morgan fingerprint density at radius 3 is 2.35 bits per heavy atom. The summed E-state index contributed by atoms with van der Waals surface area (Å²) in [6.45, 7) is 10.6. The van der Waals surface area contributed by atoms with Crippen LogP contribution in [-0.4, -0.2) is 65.7 Å². The molecule has 0 spiro atoms. The topological polar surface area (TPSA) is 134 Å². The predicted octanol–water partition coefficient (Wildman–Crippen LogP) is 3.74. The summed E-state index contributed by atoms with van der Waals surface area (Å²) in [5.41, 5.74) is 1.10. The van der Waals surface area contributed by atoms with Gasteiger partial charge in [0.1, 0.15) is 30.0 Å². The molecule has 0 heterocycles. The molecule has 2 unspecified atom stereocenters. The molecule has 40 heavy (non-hydrogen) atoms. The minimum Gasteiger partial charge on any atom is -0.508 e. The predicted molar refractivity (Wildman–Crippen MR) is 151 cm³/mol. The molecule has 2 aromatic carbocycles. The van der Waals surface area contributed by atoms with Crippen LogP contribution in [0.15, 0.2) is 55.1 Å². The highest BCUT2D eigenvalue weighted by molar-refractivity contribution is 5.93. The standard InChI is InChI=1S/C30H39N3O7/c1-7-16-33(26(27(36)31-19-25(35)39-6)22-11-9-10-20(8-2)17-22)28(37)24(32-29(38)40-30(3,4)5)18-21-12-14-23(34)15-13-21/h8-15,17,24,26,34H,2,7,16,18-19H2,1,3-6H3,(H,31,36)(H,32,38).